The Bertz CT molecular complexity index is 3130. The second-order valence-corrected chi connectivity index (χ2v) is 25.3. The number of hydrogen-bond donors (Lipinski definition) is 0. The van der Waals surface area contributed by atoms with Crippen molar-refractivity contribution in [3.05, 3.63) is 133 Å². The molecule has 4 aromatic carbocycles. The SMILES string of the molecule is Cc1ncc(N2[CH-]N(c3c(B4OB(C(C)(C)C)OB(C(C)(C)C)O4)cccc3B3OB(C(C)(C)C)OB(C(C)(C)C)O3)c3ccccc32)[c-]c1Oc1[c-]c2c(cc1)c1ccccc1n2-c1cc(C(C)(C)C)ccn1.[Pt]. The molecule has 0 atom stereocenters. The van der Waals surface area contributed by atoms with E-state index in [4.69, 9.17) is 42.1 Å². The number of anilines is 4. The van der Waals surface area contributed by atoms with Crippen molar-refractivity contribution in [3.8, 4) is 17.3 Å². The van der Waals surface area contributed by atoms with Crippen LogP contribution in [0.25, 0.3) is 27.6 Å². The zero-order valence-corrected chi connectivity index (χ0v) is 48.5. The van der Waals surface area contributed by atoms with Crippen LogP contribution in [0.5, 0.6) is 11.5 Å². The number of para-hydroxylation sites is 4. The van der Waals surface area contributed by atoms with Gasteiger partial charge in [-0.15, -0.1) is 30.3 Å². The number of nitrogens with zero attached hydrogens (tertiary/aromatic N) is 5. The van der Waals surface area contributed by atoms with Crippen molar-refractivity contribution in [2.45, 2.75) is 137 Å². The molecule has 2 saturated heterocycles. The molecule has 0 radical (unpaired) electrons. The van der Waals surface area contributed by atoms with Crippen LogP contribution in [0.4, 0.5) is 22.7 Å². The van der Waals surface area contributed by atoms with Crippen molar-refractivity contribution in [3.63, 3.8) is 0 Å². The number of benzene rings is 4. The van der Waals surface area contributed by atoms with Gasteiger partial charge in [-0.05, 0) is 73.6 Å². The largest absolute Gasteiger partial charge is 0.507 e. The van der Waals surface area contributed by atoms with E-state index in [0.717, 1.165) is 55.6 Å². The summed E-state index contributed by atoms with van der Waals surface area (Å²) >= 11 is 0. The number of pyridine rings is 2. The summed E-state index contributed by atoms with van der Waals surface area (Å²) in [5.74, 6) is 1.81. The summed E-state index contributed by atoms with van der Waals surface area (Å²) in [6.45, 7) is 36.0. The number of aromatic nitrogens is 3. The maximum atomic E-state index is 6.89. The summed E-state index contributed by atoms with van der Waals surface area (Å²) < 4.78 is 49.7. The summed E-state index contributed by atoms with van der Waals surface area (Å²) in [6.07, 6.45) is 3.71. The van der Waals surface area contributed by atoms with Crippen molar-refractivity contribution in [2.24, 2.45) is 0 Å². The minimum Gasteiger partial charge on any atom is -0.507 e. The number of hydrogen-bond acceptors (Lipinski definition) is 11. The van der Waals surface area contributed by atoms with Crippen LogP contribution in [0.3, 0.4) is 0 Å². The Morgan fingerprint density at radius 1 is 0.560 bits per heavy atom. The molecule has 7 aromatic rings. The number of fused-ring (bicyclic) bond motifs is 4. The van der Waals surface area contributed by atoms with E-state index in [0.29, 0.717) is 22.9 Å². The molecule has 0 spiro atoms. The van der Waals surface area contributed by atoms with Crippen LogP contribution < -0.4 is 25.5 Å². The van der Waals surface area contributed by atoms with Gasteiger partial charge >= 0.3 is 42.7 Å². The molecule has 388 valence electrons. The van der Waals surface area contributed by atoms with E-state index in [1.807, 2.05) is 43.6 Å². The van der Waals surface area contributed by atoms with Crippen LogP contribution in [0.1, 0.15) is 115 Å². The first-order valence-corrected chi connectivity index (χ1v) is 25.8. The van der Waals surface area contributed by atoms with Crippen molar-refractivity contribution >= 4 is 98.2 Å². The topological polar surface area (TPSA) is 102 Å². The number of aryl methyl sites for hydroxylation is 1. The van der Waals surface area contributed by atoms with Crippen LogP contribution in [0.15, 0.2) is 103 Å². The third-order valence-corrected chi connectivity index (χ3v) is 13.6. The zero-order valence-electron chi connectivity index (χ0n) is 46.3. The molecular formula is C56H66B6N5O7Pt-3. The Balaban J connectivity index is 0.00000689. The average molecular weight is 1180 g/mol. The van der Waals surface area contributed by atoms with Crippen molar-refractivity contribution in [2.75, 3.05) is 9.80 Å². The second kappa shape index (κ2) is 20.2. The van der Waals surface area contributed by atoms with Gasteiger partial charge in [0, 0.05) is 72.3 Å². The average Bonchev–Trinajstić information content (AvgIpc) is 3.89. The molecule has 19 heteroatoms. The van der Waals surface area contributed by atoms with Gasteiger partial charge in [0.25, 0.3) is 0 Å². The first kappa shape index (κ1) is 55.0. The van der Waals surface area contributed by atoms with Gasteiger partial charge in [-0.25, -0.2) is 4.98 Å². The minimum atomic E-state index is -0.837. The Morgan fingerprint density at radius 3 is 1.64 bits per heavy atom. The van der Waals surface area contributed by atoms with Crippen molar-refractivity contribution in [1.82, 2.24) is 14.5 Å². The van der Waals surface area contributed by atoms with E-state index < -0.39 is 42.7 Å². The maximum absolute atomic E-state index is 6.89. The summed E-state index contributed by atoms with van der Waals surface area (Å²) in [5.41, 5.74) is 8.48. The Labute approximate surface area is 461 Å². The van der Waals surface area contributed by atoms with Crippen LogP contribution in [-0.4, -0.2) is 57.2 Å². The fraction of sp³-hybridized carbons (Fsp3) is 0.375. The van der Waals surface area contributed by atoms with Crippen molar-refractivity contribution in [1.29, 1.82) is 0 Å². The molecule has 0 aliphatic carbocycles. The van der Waals surface area contributed by atoms with Gasteiger partial charge in [0.15, 0.2) is 0 Å². The van der Waals surface area contributed by atoms with Crippen LogP contribution in [-0.2, 0) is 53.9 Å². The normalized spacial score (nSPS) is 16.1. The summed E-state index contributed by atoms with van der Waals surface area (Å²) in [7, 11) is -3.99. The Hall–Kier alpha value is -4.78. The monoisotopic (exact) mass is 1180 g/mol. The third-order valence-electron chi connectivity index (χ3n) is 13.6. The summed E-state index contributed by atoms with van der Waals surface area (Å²) in [5, 5.41) is 0.669. The molecule has 6 heterocycles. The van der Waals surface area contributed by atoms with Gasteiger partial charge in [-0.1, -0.05) is 177 Å². The fourth-order valence-electron chi connectivity index (χ4n) is 9.48. The van der Waals surface area contributed by atoms with Crippen LogP contribution in [0, 0.1) is 25.7 Å². The van der Waals surface area contributed by atoms with E-state index in [1.54, 1.807) is 0 Å². The predicted molar refractivity (Wildman–Crippen MR) is 305 cm³/mol. The van der Waals surface area contributed by atoms with Crippen LogP contribution in [0.2, 0.25) is 21.3 Å². The molecule has 0 amide bonds. The van der Waals surface area contributed by atoms with Gasteiger partial charge in [-0.3, -0.25) is 0 Å². The first-order valence-electron chi connectivity index (χ1n) is 25.8. The molecule has 0 N–H and O–H groups in total. The molecule has 12 nitrogen and oxygen atoms in total. The van der Waals surface area contributed by atoms with E-state index in [2.05, 4.69) is 204 Å². The van der Waals surface area contributed by atoms with Crippen molar-refractivity contribution < 1.29 is 53.2 Å². The fourth-order valence-corrected chi connectivity index (χ4v) is 9.48. The number of rotatable bonds is 7. The first-order chi connectivity index (χ1) is 34.7. The van der Waals surface area contributed by atoms with E-state index in [1.165, 1.54) is 5.56 Å². The second-order valence-electron chi connectivity index (χ2n) is 25.3. The van der Waals surface area contributed by atoms with Gasteiger partial charge < -0.3 is 51.5 Å². The Morgan fingerprint density at radius 2 is 1.09 bits per heavy atom. The molecule has 0 bridgehead atoms. The van der Waals surface area contributed by atoms with Crippen LogP contribution >= 0.6 is 0 Å². The van der Waals surface area contributed by atoms with E-state index >= 15 is 0 Å². The zero-order chi connectivity index (χ0) is 52.9. The maximum Gasteiger partial charge on any atom is 0.468 e. The molecule has 0 unspecified atom stereocenters. The Kier molecular flexibility index (Phi) is 14.8. The van der Waals surface area contributed by atoms with Gasteiger partial charge in [0.1, 0.15) is 5.82 Å². The van der Waals surface area contributed by atoms with Gasteiger partial charge in [-0.2, -0.15) is 6.07 Å². The number of ether oxygens (including phenoxy) is 1. The van der Waals surface area contributed by atoms with E-state index in [-0.39, 0.29) is 47.7 Å². The standard InChI is InChI=1S/C56H66B6N5O7.Pt/c1-37-49(68-40-28-29-42-41-22-17-18-25-45(41)67(48(42)34-40)50-32-38(30-31-63-50)52(2,3)4)33-39(35-64-37)65-36-66(47-27-20-19-26-46(47)65)51-43(57-69-59(53(5,6)7)73-60(70-57)54(8,9)10)23-21-24-44(51)58-71-61(55(11,12)13)74-62(72-58)56(14,15)16;/h17-32,35-36H,1-16H3;/q-3;. The summed E-state index contributed by atoms with van der Waals surface area (Å²) in [4.78, 5) is 14.0. The molecule has 3 aliphatic heterocycles. The third kappa shape index (κ3) is 10.9. The quantitative estimate of drug-likeness (QED) is 0.113. The minimum absolute atomic E-state index is 0. The van der Waals surface area contributed by atoms with Gasteiger partial charge in [0.05, 0.1) is 0 Å². The van der Waals surface area contributed by atoms with E-state index in [9.17, 15) is 0 Å². The molecule has 2 fully saturated rings. The molecule has 0 saturated carbocycles. The molecule has 3 aromatic heterocycles. The molecular weight excluding hydrogens is 1110 g/mol. The van der Waals surface area contributed by atoms with Gasteiger partial charge in [0.2, 0.25) is 0 Å². The predicted octanol–water partition coefficient (Wildman–Crippen LogP) is 12.6. The summed E-state index contributed by atoms with van der Waals surface area (Å²) in [6, 6.07) is 38.3. The smallest absolute Gasteiger partial charge is 0.468 e. The molecule has 75 heavy (non-hydrogen) atoms. The molecule has 10 rings (SSSR count). The molecule has 3 aliphatic rings.